The van der Waals surface area contributed by atoms with Gasteiger partial charge >= 0.3 is 0 Å². The molecule has 1 N–H and O–H groups in total. The maximum absolute atomic E-state index is 8.60. The summed E-state index contributed by atoms with van der Waals surface area (Å²) in [5, 5.41) is 14.3. The molecule has 17 heavy (non-hydrogen) atoms. The highest BCUT2D eigenvalue weighted by Crippen LogP contribution is 2.22. The lowest BCUT2D eigenvalue weighted by Gasteiger charge is -2.23. The maximum atomic E-state index is 8.60. The van der Waals surface area contributed by atoms with E-state index in [1.807, 2.05) is 11.3 Å². The third-order valence-electron chi connectivity index (χ3n) is 3.02. The minimum absolute atomic E-state index is 0.208. The predicted octanol–water partition coefficient (Wildman–Crippen LogP) is 3.73. The van der Waals surface area contributed by atoms with E-state index in [1.165, 1.54) is 10.4 Å². The number of rotatable bonds is 7. The summed E-state index contributed by atoms with van der Waals surface area (Å²) < 4.78 is 0. The Morgan fingerprint density at radius 1 is 1.47 bits per heavy atom. The van der Waals surface area contributed by atoms with Crippen LogP contribution >= 0.6 is 11.3 Å². The molecule has 0 aliphatic rings. The molecule has 0 aliphatic heterocycles. The highest BCUT2D eigenvalue weighted by atomic mass is 32.1. The summed E-state index contributed by atoms with van der Waals surface area (Å²) in [6, 6.07) is 4.43. The van der Waals surface area contributed by atoms with Crippen molar-refractivity contribution in [3.63, 3.8) is 0 Å². The van der Waals surface area contributed by atoms with E-state index in [-0.39, 0.29) is 5.41 Å². The maximum Gasteiger partial charge on any atom is 0.0621 e. The van der Waals surface area contributed by atoms with Crippen LogP contribution in [-0.2, 0) is 13.0 Å². The van der Waals surface area contributed by atoms with Gasteiger partial charge in [0.1, 0.15) is 0 Å². The van der Waals surface area contributed by atoms with Gasteiger partial charge in [-0.3, -0.25) is 0 Å². The Kier molecular flexibility index (Phi) is 5.67. The zero-order valence-electron chi connectivity index (χ0n) is 11.0. The number of nitrogens with zero attached hydrogens (tertiary/aromatic N) is 1. The Morgan fingerprint density at radius 2 is 2.24 bits per heavy atom. The van der Waals surface area contributed by atoms with Crippen molar-refractivity contribution in [2.45, 2.75) is 46.6 Å². The Labute approximate surface area is 109 Å². The molecule has 0 saturated carbocycles. The highest BCUT2D eigenvalue weighted by Gasteiger charge is 2.16. The van der Waals surface area contributed by atoms with Crippen molar-refractivity contribution in [3.05, 3.63) is 21.9 Å². The SMILES string of the molecule is CCc1ccsc1CNCC(C)(C)CCC#N. The summed E-state index contributed by atoms with van der Waals surface area (Å²) in [4.78, 5) is 1.45. The summed E-state index contributed by atoms with van der Waals surface area (Å²) >= 11 is 1.83. The van der Waals surface area contributed by atoms with Crippen molar-refractivity contribution >= 4 is 11.3 Å². The Bertz CT molecular complexity index is 374. The lowest BCUT2D eigenvalue weighted by atomic mass is 9.88. The third kappa shape index (κ3) is 4.89. The monoisotopic (exact) mass is 250 g/mol. The van der Waals surface area contributed by atoms with E-state index in [0.29, 0.717) is 6.42 Å². The van der Waals surface area contributed by atoms with E-state index >= 15 is 0 Å². The molecule has 0 fully saturated rings. The molecule has 0 spiro atoms. The Hall–Kier alpha value is -0.850. The molecule has 1 aromatic rings. The summed E-state index contributed by atoms with van der Waals surface area (Å²) in [6.07, 6.45) is 2.72. The van der Waals surface area contributed by atoms with Crippen molar-refractivity contribution in [3.8, 4) is 6.07 Å². The number of aryl methyl sites for hydroxylation is 1. The fourth-order valence-corrected chi connectivity index (χ4v) is 2.78. The molecule has 0 unspecified atom stereocenters. The lowest BCUT2D eigenvalue weighted by Crippen LogP contribution is -2.29. The number of hydrogen-bond acceptors (Lipinski definition) is 3. The van der Waals surface area contributed by atoms with Gasteiger partial charge in [-0.15, -0.1) is 11.3 Å². The van der Waals surface area contributed by atoms with E-state index < -0.39 is 0 Å². The van der Waals surface area contributed by atoms with Gasteiger partial charge in [-0.1, -0.05) is 20.8 Å². The van der Waals surface area contributed by atoms with Gasteiger partial charge in [-0.2, -0.15) is 5.26 Å². The normalized spacial score (nSPS) is 11.4. The number of nitriles is 1. The van der Waals surface area contributed by atoms with Crippen molar-refractivity contribution < 1.29 is 0 Å². The van der Waals surface area contributed by atoms with Crippen LogP contribution in [0.4, 0.5) is 0 Å². The molecule has 0 amide bonds. The van der Waals surface area contributed by atoms with Crippen LogP contribution in [0.1, 0.15) is 44.1 Å². The number of nitrogens with one attached hydrogen (secondary N) is 1. The fraction of sp³-hybridized carbons (Fsp3) is 0.643. The van der Waals surface area contributed by atoms with Gasteiger partial charge in [0, 0.05) is 24.4 Å². The van der Waals surface area contributed by atoms with Gasteiger partial charge < -0.3 is 5.32 Å². The van der Waals surface area contributed by atoms with E-state index in [0.717, 1.165) is 25.9 Å². The fourth-order valence-electron chi connectivity index (χ4n) is 1.83. The zero-order valence-corrected chi connectivity index (χ0v) is 11.9. The van der Waals surface area contributed by atoms with Crippen LogP contribution in [-0.4, -0.2) is 6.54 Å². The molecule has 0 saturated heterocycles. The first kappa shape index (κ1) is 14.2. The van der Waals surface area contributed by atoms with Gasteiger partial charge in [-0.05, 0) is 35.3 Å². The van der Waals surface area contributed by atoms with E-state index in [1.54, 1.807) is 0 Å². The smallest absolute Gasteiger partial charge is 0.0621 e. The minimum atomic E-state index is 0.208. The van der Waals surface area contributed by atoms with Crippen molar-refractivity contribution in [2.24, 2.45) is 5.41 Å². The summed E-state index contributed by atoms with van der Waals surface area (Å²) in [5.41, 5.74) is 1.66. The predicted molar refractivity (Wildman–Crippen MR) is 74.0 cm³/mol. The van der Waals surface area contributed by atoms with Crippen LogP contribution in [0.15, 0.2) is 11.4 Å². The minimum Gasteiger partial charge on any atom is -0.311 e. The van der Waals surface area contributed by atoms with Crippen LogP contribution in [0.5, 0.6) is 0 Å². The first-order valence-corrected chi connectivity index (χ1v) is 7.10. The molecule has 0 atom stereocenters. The molecular weight excluding hydrogens is 228 g/mol. The Morgan fingerprint density at radius 3 is 2.88 bits per heavy atom. The molecule has 0 radical (unpaired) electrons. The van der Waals surface area contributed by atoms with Crippen molar-refractivity contribution in [2.75, 3.05) is 6.54 Å². The zero-order chi connectivity index (χ0) is 12.7. The van der Waals surface area contributed by atoms with Crippen LogP contribution in [0.3, 0.4) is 0 Å². The second-order valence-electron chi connectivity index (χ2n) is 5.15. The molecule has 3 heteroatoms. The van der Waals surface area contributed by atoms with Crippen LogP contribution in [0, 0.1) is 16.7 Å². The van der Waals surface area contributed by atoms with Gasteiger partial charge in [-0.25, -0.2) is 0 Å². The van der Waals surface area contributed by atoms with Gasteiger partial charge in [0.15, 0.2) is 0 Å². The van der Waals surface area contributed by atoms with Gasteiger partial charge in [0.25, 0.3) is 0 Å². The molecule has 94 valence electrons. The van der Waals surface area contributed by atoms with E-state index in [9.17, 15) is 0 Å². The second kappa shape index (κ2) is 6.78. The van der Waals surface area contributed by atoms with Gasteiger partial charge in [0.2, 0.25) is 0 Å². The molecule has 1 aromatic heterocycles. The van der Waals surface area contributed by atoms with E-state index in [2.05, 4.69) is 43.6 Å². The summed E-state index contributed by atoms with van der Waals surface area (Å²) in [6.45, 7) is 8.55. The molecule has 1 rings (SSSR count). The third-order valence-corrected chi connectivity index (χ3v) is 3.98. The number of thiophene rings is 1. The molecule has 0 bridgehead atoms. The quantitative estimate of drug-likeness (QED) is 0.800. The van der Waals surface area contributed by atoms with Crippen LogP contribution < -0.4 is 5.32 Å². The topological polar surface area (TPSA) is 35.8 Å². The first-order valence-electron chi connectivity index (χ1n) is 6.22. The first-order chi connectivity index (χ1) is 8.09. The average Bonchev–Trinajstić information content (AvgIpc) is 2.74. The standard InChI is InChI=1S/C14H22N2S/c1-4-12-6-9-17-13(12)10-16-11-14(2,3)7-5-8-15/h6,9,16H,4-5,7,10-11H2,1-3H3. The van der Waals surface area contributed by atoms with E-state index in [4.69, 9.17) is 5.26 Å². The summed E-state index contributed by atoms with van der Waals surface area (Å²) in [5.74, 6) is 0. The largest absolute Gasteiger partial charge is 0.311 e. The summed E-state index contributed by atoms with van der Waals surface area (Å²) in [7, 11) is 0. The van der Waals surface area contributed by atoms with Crippen LogP contribution in [0.25, 0.3) is 0 Å². The second-order valence-corrected chi connectivity index (χ2v) is 6.15. The molecule has 0 aliphatic carbocycles. The molecule has 1 heterocycles. The van der Waals surface area contributed by atoms with Crippen LogP contribution in [0.2, 0.25) is 0 Å². The van der Waals surface area contributed by atoms with Crippen molar-refractivity contribution in [1.82, 2.24) is 5.32 Å². The molecule has 0 aromatic carbocycles. The Balaban J connectivity index is 2.35. The highest BCUT2D eigenvalue weighted by molar-refractivity contribution is 7.10. The van der Waals surface area contributed by atoms with Gasteiger partial charge in [0.05, 0.1) is 6.07 Å². The molecule has 2 nitrogen and oxygen atoms in total. The average molecular weight is 250 g/mol. The molecular formula is C14H22N2S. The van der Waals surface area contributed by atoms with Crippen molar-refractivity contribution in [1.29, 1.82) is 5.26 Å². The number of hydrogen-bond donors (Lipinski definition) is 1. The lowest BCUT2D eigenvalue weighted by molar-refractivity contribution is 0.318.